The maximum Gasteiger partial charge on any atom is 0.119 e. The Labute approximate surface area is 159 Å². The average Bonchev–Trinajstić information content (AvgIpc) is 2.74. The smallest absolute Gasteiger partial charge is 0.119 e. The lowest BCUT2D eigenvalue weighted by Crippen LogP contribution is -1.95. The first-order chi connectivity index (χ1) is 13.3. The molecule has 0 aliphatic heterocycles. The lowest BCUT2D eigenvalue weighted by Gasteiger charge is -2.11. The maximum absolute atomic E-state index is 5.37. The van der Waals surface area contributed by atoms with E-state index in [1.165, 1.54) is 16.5 Å². The van der Waals surface area contributed by atoms with Crippen LogP contribution in [0.25, 0.3) is 22.2 Å². The average molecular weight is 355 g/mol. The second kappa shape index (κ2) is 7.50. The maximum atomic E-state index is 5.37. The Bertz CT molecular complexity index is 1090. The number of benzene rings is 3. The van der Waals surface area contributed by atoms with Gasteiger partial charge in [0.15, 0.2) is 0 Å². The lowest BCUT2D eigenvalue weighted by molar-refractivity contribution is 0.414. The molecule has 0 fully saturated rings. The van der Waals surface area contributed by atoms with E-state index in [9.17, 15) is 0 Å². The Morgan fingerprint density at radius 3 is 2.30 bits per heavy atom. The predicted octanol–water partition coefficient (Wildman–Crippen LogP) is 5.51. The van der Waals surface area contributed by atoms with Crippen LogP contribution in [0.15, 0.2) is 78.9 Å². The van der Waals surface area contributed by atoms with Crippen molar-refractivity contribution < 1.29 is 9.47 Å². The van der Waals surface area contributed by atoms with Gasteiger partial charge in [0.2, 0.25) is 0 Å². The number of fused-ring (bicyclic) bond motifs is 1. The molecule has 4 rings (SSSR count). The molecule has 0 bridgehead atoms. The summed E-state index contributed by atoms with van der Waals surface area (Å²) in [6, 6.07) is 26.7. The standard InChI is InChI=1S/C24H21NO2/c1-26-20-9-5-7-17(14-20)13-19-16-24(18-8-6-10-21(15-18)27-2)25-23-12-4-3-11-22(19)23/h3-12,14-16H,13H2,1-2H3. The summed E-state index contributed by atoms with van der Waals surface area (Å²) in [5, 5.41) is 1.17. The van der Waals surface area contributed by atoms with E-state index in [0.29, 0.717) is 0 Å². The van der Waals surface area contributed by atoms with E-state index in [-0.39, 0.29) is 0 Å². The van der Waals surface area contributed by atoms with Crippen LogP contribution >= 0.6 is 0 Å². The van der Waals surface area contributed by atoms with E-state index in [1.807, 2.05) is 36.4 Å². The summed E-state index contributed by atoms with van der Waals surface area (Å²) in [6.45, 7) is 0. The third-order valence-electron chi connectivity index (χ3n) is 4.70. The summed E-state index contributed by atoms with van der Waals surface area (Å²) < 4.78 is 10.7. The SMILES string of the molecule is COc1cccc(Cc2cc(-c3cccc(OC)c3)nc3ccccc23)c1. The highest BCUT2D eigenvalue weighted by Crippen LogP contribution is 2.29. The number of hydrogen-bond donors (Lipinski definition) is 0. The van der Waals surface area contributed by atoms with Crippen molar-refractivity contribution in [3.63, 3.8) is 0 Å². The summed E-state index contributed by atoms with van der Waals surface area (Å²) in [7, 11) is 3.38. The van der Waals surface area contributed by atoms with E-state index in [0.717, 1.165) is 34.7 Å². The molecule has 3 heteroatoms. The van der Waals surface area contributed by atoms with Crippen LogP contribution in [-0.2, 0) is 6.42 Å². The van der Waals surface area contributed by atoms with Gasteiger partial charge in [0, 0.05) is 10.9 Å². The van der Waals surface area contributed by atoms with Crippen LogP contribution < -0.4 is 9.47 Å². The van der Waals surface area contributed by atoms with Gasteiger partial charge < -0.3 is 9.47 Å². The molecule has 27 heavy (non-hydrogen) atoms. The van der Waals surface area contributed by atoms with Gasteiger partial charge in [0.1, 0.15) is 11.5 Å². The van der Waals surface area contributed by atoms with Gasteiger partial charge in [-0.3, -0.25) is 0 Å². The summed E-state index contributed by atoms with van der Waals surface area (Å²) in [5.74, 6) is 1.70. The summed E-state index contributed by atoms with van der Waals surface area (Å²) in [5.41, 5.74) is 5.45. The van der Waals surface area contributed by atoms with Gasteiger partial charge in [-0.15, -0.1) is 0 Å². The Morgan fingerprint density at radius 2 is 1.48 bits per heavy atom. The van der Waals surface area contributed by atoms with Crippen molar-refractivity contribution in [2.24, 2.45) is 0 Å². The molecule has 3 aromatic carbocycles. The fourth-order valence-electron chi connectivity index (χ4n) is 3.33. The largest absolute Gasteiger partial charge is 0.497 e. The third kappa shape index (κ3) is 3.63. The van der Waals surface area contributed by atoms with Crippen LogP contribution in [0.4, 0.5) is 0 Å². The molecule has 1 heterocycles. The van der Waals surface area contributed by atoms with Crippen LogP contribution in [-0.4, -0.2) is 19.2 Å². The third-order valence-corrected chi connectivity index (χ3v) is 4.70. The first-order valence-corrected chi connectivity index (χ1v) is 8.93. The van der Waals surface area contributed by atoms with Crippen molar-refractivity contribution in [3.05, 3.63) is 90.0 Å². The normalized spacial score (nSPS) is 10.7. The fourth-order valence-corrected chi connectivity index (χ4v) is 3.33. The zero-order valence-corrected chi connectivity index (χ0v) is 15.5. The molecule has 0 saturated heterocycles. The van der Waals surface area contributed by atoms with E-state index < -0.39 is 0 Å². The molecule has 0 aliphatic rings. The van der Waals surface area contributed by atoms with E-state index in [1.54, 1.807) is 14.2 Å². The molecule has 0 aliphatic carbocycles. The quantitative estimate of drug-likeness (QED) is 0.473. The fraction of sp³-hybridized carbons (Fsp3) is 0.125. The molecule has 3 nitrogen and oxygen atoms in total. The van der Waals surface area contributed by atoms with Crippen molar-refractivity contribution >= 4 is 10.9 Å². The molecule has 0 amide bonds. The van der Waals surface area contributed by atoms with Crippen molar-refractivity contribution in [1.82, 2.24) is 4.98 Å². The highest BCUT2D eigenvalue weighted by Gasteiger charge is 2.09. The predicted molar refractivity (Wildman–Crippen MR) is 110 cm³/mol. The van der Waals surface area contributed by atoms with Crippen LogP contribution in [0, 0.1) is 0 Å². The minimum absolute atomic E-state index is 0.817. The van der Waals surface area contributed by atoms with Crippen molar-refractivity contribution in [2.75, 3.05) is 14.2 Å². The molecular weight excluding hydrogens is 334 g/mol. The molecule has 4 aromatic rings. The summed E-state index contributed by atoms with van der Waals surface area (Å²) in [6.07, 6.45) is 0.817. The molecule has 0 saturated carbocycles. The highest BCUT2D eigenvalue weighted by molar-refractivity contribution is 5.85. The number of rotatable bonds is 5. The first-order valence-electron chi connectivity index (χ1n) is 8.93. The number of ether oxygens (including phenoxy) is 2. The lowest BCUT2D eigenvalue weighted by atomic mass is 9.98. The van der Waals surface area contributed by atoms with Crippen molar-refractivity contribution in [1.29, 1.82) is 0 Å². The van der Waals surface area contributed by atoms with Gasteiger partial charge in [-0.25, -0.2) is 4.98 Å². The topological polar surface area (TPSA) is 31.4 Å². The molecule has 0 spiro atoms. The molecule has 0 unspecified atom stereocenters. The number of pyridine rings is 1. The zero-order chi connectivity index (χ0) is 18.6. The van der Waals surface area contributed by atoms with Crippen molar-refractivity contribution in [3.8, 4) is 22.8 Å². The molecule has 0 atom stereocenters. The number of nitrogens with zero attached hydrogens (tertiary/aromatic N) is 1. The van der Waals surface area contributed by atoms with E-state index in [4.69, 9.17) is 14.5 Å². The second-order valence-electron chi connectivity index (χ2n) is 6.44. The van der Waals surface area contributed by atoms with Crippen LogP contribution in [0.3, 0.4) is 0 Å². The highest BCUT2D eigenvalue weighted by atomic mass is 16.5. The first kappa shape index (κ1) is 17.1. The Kier molecular flexibility index (Phi) is 4.75. The number of methoxy groups -OCH3 is 2. The van der Waals surface area contributed by atoms with E-state index in [2.05, 4.69) is 42.5 Å². The summed E-state index contributed by atoms with van der Waals surface area (Å²) >= 11 is 0. The molecular formula is C24H21NO2. The Morgan fingerprint density at radius 1 is 0.741 bits per heavy atom. The molecule has 0 N–H and O–H groups in total. The van der Waals surface area contributed by atoms with Crippen LogP contribution in [0.1, 0.15) is 11.1 Å². The minimum Gasteiger partial charge on any atom is -0.497 e. The summed E-state index contributed by atoms with van der Waals surface area (Å²) in [4.78, 5) is 4.88. The van der Waals surface area contributed by atoms with Crippen molar-refractivity contribution in [2.45, 2.75) is 6.42 Å². The second-order valence-corrected chi connectivity index (χ2v) is 6.44. The number of aromatic nitrogens is 1. The Hall–Kier alpha value is -3.33. The number of para-hydroxylation sites is 1. The van der Waals surface area contributed by atoms with E-state index >= 15 is 0 Å². The molecule has 1 aromatic heterocycles. The zero-order valence-electron chi connectivity index (χ0n) is 15.5. The van der Waals surface area contributed by atoms with Gasteiger partial charge in [-0.05, 0) is 53.9 Å². The monoisotopic (exact) mass is 355 g/mol. The number of hydrogen-bond acceptors (Lipinski definition) is 3. The van der Waals surface area contributed by atoms with Gasteiger partial charge in [-0.2, -0.15) is 0 Å². The van der Waals surface area contributed by atoms with Gasteiger partial charge in [0.25, 0.3) is 0 Å². The van der Waals surface area contributed by atoms with Crippen LogP contribution in [0.5, 0.6) is 11.5 Å². The van der Waals surface area contributed by atoms with Gasteiger partial charge in [0.05, 0.1) is 25.4 Å². The Balaban J connectivity index is 1.83. The van der Waals surface area contributed by atoms with Crippen LogP contribution in [0.2, 0.25) is 0 Å². The minimum atomic E-state index is 0.817. The van der Waals surface area contributed by atoms with Gasteiger partial charge >= 0.3 is 0 Å². The molecule has 0 radical (unpaired) electrons. The molecule has 134 valence electrons. The van der Waals surface area contributed by atoms with Gasteiger partial charge in [-0.1, -0.05) is 42.5 Å².